The maximum atomic E-state index is 12.3. The Balaban J connectivity index is 1.59. The summed E-state index contributed by atoms with van der Waals surface area (Å²) in [5, 5.41) is 8.24. The molecule has 0 aliphatic heterocycles. The van der Waals surface area contributed by atoms with E-state index in [0.29, 0.717) is 17.1 Å². The highest BCUT2D eigenvalue weighted by molar-refractivity contribution is 5.58. The predicted molar refractivity (Wildman–Crippen MR) is 98.1 cm³/mol. The van der Waals surface area contributed by atoms with E-state index in [1.165, 1.54) is 24.3 Å². The monoisotopic (exact) mass is 417 g/mol. The number of hydrogen-bond acceptors (Lipinski definition) is 7. The molecule has 0 spiro atoms. The van der Waals surface area contributed by atoms with Crippen LogP contribution in [0.1, 0.15) is 5.82 Å². The molecule has 0 saturated carbocycles. The first-order valence-electron chi connectivity index (χ1n) is 8.61. The van der Waals surface area contributed by atoms with Crippen LogP contribution in [-0.4, -0.2) is 38.4 Å². The number of nitrogens with zero attached hydrogens (tertiary/aromatic N) is 5. The highest BCUT2D eigenvalue weighted by Gasteiger charge is 2.31. The molecular weight excluding hydrogens is 403 g/mol. The zero-order valence-electron chi connectivity index (χ0n) is 15.7. The second-order valence-electron chi connectivity index (χ2n) is 6.09. The molecule has 0 aliphatic rings. The quantitative estimate of drug-likeness (QED) is 0.481. The molecule has 0 saturated heterocycles. The SMILES string of the molecule is COc1cccc(-n2nc(-c3nc(-c4ccc(OC(F)(F)F)cc4)no3)nc2C)c1. The lowest BCUT2D eigenvalue weighted by Crippen LogP contribution is -2.16. The van der Waals surface area contributed by atoms with Crippen LogP contribution in [0.25, 0.3) is 28.8 Å². The Labute approximate surface area is 167 Å². The number of hydrogen-bond donors (Lipinski definition) is 0. The predicted octanol–water partition coefficient (Wildman–Crippen LogP) is 4.20. The standard InChI is InChI=1S/C19H14F3N5O3/c1-11-23-17(25-27(11)13-4-3-5-15(10-13)28-2)18-24-16(26-30-18)12-6-8-14(9-7-12)29-19(20,21)22/h3-10H,1-2H3. The fourth-order valence-corrected chi connectivity index (χ4v) is 2.70. The van der Waals surface area contributed by atoms with Gasteiger partial charge in [0.1, 0.15) is 17.3 Å². The molecule has 154 valence electrons. The topological polar surface area (TPSA) is 88.1 Å². The Morgan fingerprint density at radius 3 is 2.43 bits per heavy atom. The van der Waals surface area contributed by atoms with Crippen LogP contribution in [0.2, 0.25) is 0 Å². The number of benzene rings is 2. The minimum Gasteiger partial charge on any atom is -0.497 e. The van der Waals surface area contributed by atoms with Crippen molar-refractivity contribution in [1.29, 1.82) is 0 Å². The Bertz CT molecular complexity index is 1170. The second-order valence-corrected chi connectivity index (χ2v) is 6.09. The minimum atomic E-state index is -4.76. The van der Waals surface area contributed by atoms with Crippen molar-refractivity contribution in [2.24, 2.45) is 0 Å². The van der Waals surface area contributed by atoms with E-state index in [4.69, 9.17) is 9.26 Å². The smallest absolute Gasteiger partial charge is 0.497 e. The number of halogens is 3. The van der Waals surface area contributed by atoms with Gasteiger partial charge in [-0.15, -0.1) is 18.3 Å². The Kier molecular flexibility index (Phi) is 4.86. The van der Waals surface area contributed by atoms with Gasteiger partial charge in [0.25, 0.3) is 5.89 Å². The van der Waals surface area contributed by atoms with Gasteiger partial charge in [-0.2, -0.15) is 4.98 Å². The maximum absolute atomic E-state index is 12.3. The van der Waals surface area contributed by atoms with Crippen molar-refractivity contribution < 1.29 is 27.2 Å². The number of methoxy groups -OCH3 is 1. The van der Waals surface area contributed by atoms with E-state index in [1.807, 2.05) is 18.2 Å². The van der Waals surface area contributed by atoms with Gasteiger partial charge >= 0.3 is 6.36 Å². The molecule has 11 heteroatoms. The lowest BCUT2D eigenvalue weighted by molar-refractivity contribution is -0.274. The Morgan fingerprint density at radius 1 is 0.967 bits per heavy atom. The highest BCUT2D eigenvalue weighted by atomic mass is 19.4. The van der Waals surface area contributed by atoms with Crippen molar-refractivity contribution in [1.82, 2.24) is 24.9 Å². The molecule has 0 radical (unpaired) electrons. The molecule has 4 aromatic rings. The number of rotatable bonds is 5. The van der Waals surface area contributed by atoms with Crippen molar-refractivity contribution in [3.8, 4) is 40.3 Å². The van der Waals surface area contributed by atoms with Crippen LogP contribution in [0.3, 0.4) is 0 Å². The molecule has 4 rings (SSSR count). The van der Waals surface area contributed by atoms with Crippen molar-refractivity contribution in [3.63, 3.8) is 0 Å². The molecular formula is C19H14F3N5O3. The van der Waals surface area contributed by atoms with Crippen molar-refractivity contribution in [3.05, 3.63) is 54.4 Å². The maximum Gasteiger partial charge on any atom is 0.573 e. The van der Waals surface area contributed by atoms with E-state index in [1.54, 1.807) is 24.8 Å². The van der Waals surface area contributed by atoms with Gasteiger partial charge < -0.3 is 14.0 Å². The number of aryl methyl sites for hydroxylation is 1. The zero-order valence-corrected chi connectivity index (χ0v) is 15.7. The van der Waals surface area contributed by atoms with Crippen molar-refractivity contribution in [2.45, 2.75) is 13.3 Å². The zero-order chi connectivity index (χ0) is 21.3. The molecule has 0 aliphatic carbocycles. The van der Waals surface area contributed by atoms with Gasteiger partial charge in [0.15, 0.2) is 0 Å². The average Bonchev–Trinajstić information content (AvgIpc) is 3.34. The molecule has 30 heavy (non-hydrogen) atoms. The van der Waals surface area contributed by atoms with Gasteiger partial charge in [-0.25, -0.2) is 9.67 Å². The second kappa shape index (κ2) is 7.50. The summed E-state index contributed by atoms with van der Waals surface area (Å²) in [6.45, 7) is 1.77. The summed E-state index contributed by atoms with van der Waals surface area (Å²) in [6.07, 6.45) is -4.76. The van der Waals surface area contributed by atoms with Crippen LogP contribution in [0.4, 0.5) is 13.2 Å². The third-order valence-corrected chi connectivity index (χ3v) is 4.03. The average molecular weight is 417 g/mol. The third kappa shape index (κ3) is 4.09. The van der Waals surface area contributed by atoms with Crippen LogP contribution < -0.4 is 9.47 Å². The van der Waals surface area contributed by atoms with E-state index in [9.17, 15) is 13.2 Å². The molecule has 0 fully saturated rings. The van der Waals surface area contributed by atoms with Gasteiger partial charge in [-0.3, -0.25) is 0 Å². The Hall–Kier alpha value is -3.89. The molecule has 0 atom stereocenters. The third-order valence-electron chi connectivity index (χ3n) is 4.03. The first kappa shape index (κ1) is 19.4. The minimum absolute atomic E-state index is 0.0744. The molecule has 2 heterocycles. The molecule has 0 N–H and O–H groups in total. The Morgan fingerprint density at radius 2 is 1.73 bits per heavy atom. The summed E-state index contributed by atoms with van der Waals surface area (Å²) in [7, 11) is 1.57. The lowest BCUT2D eigenvalue weighted by Gasteiger charge is -2.08. The largest absolute Gasteiger partial charge is 0.573 e. The van der Waals surface area contributed by atoms with Crippen LogP contribution >= 0.6 is 0 Å². The van der Waals surface area contributed by atoms with E-state index in [-0.39, 0.29) is 23.3 Å². The van der Waals surface area contributed by atoms with Crippen LogP contribution in [0, 0.1) is 6.92 Å². The molecule has 0 amide bonds. The number of alkyl halides is 3. The first-order chi connectivity index (χ1) is 14.3. The summed E-state index contributed by atoms with van der Waals surface area (Å²) < 4.78 is 52.7. The summed E-state index contributed by atoms with van der Waals surface area (Å²) in [4.78, 5) is 8.58. The van der Waals surface area contributed by atoms with Gasteiger partial charge in [0.2, 0.25) is 11.6 Å². The fourth-order valence-electron chi connectivity index (χ4n) is 2.70. The normalized spacial score (nSPS) is 11.5. The highest BCUT2D eigenvalue weighted by Crippen LogP contribution is 2.27. The van der Waals surface area contributed by atoms with Gasteiger partial charge in [0, 0.05) is 11.6 Å². The summed E-state index contributed by atoms with van der Waals surface area (Å²) in [6, 6.07) is 12.4. The van der Waals surface area contributed by atoms with E-state index in [0.717, 1.165) is 5.69 Å². The molecule has 0 unspecified atom stereocenters. The van der Waals surface area contributed by atoms with Crippen molar-refractivity contribution >= 4 is 0 Å². The van der Waals surface area contributed by atoms with Crippen LogP contribution in [0.5, 0.6) is 11.5 Å². The fraction of sp³-hybridized carbons (Fsp3) is 0.158. The van der Waals surface area contributed by atoms with E-state index < -0.39 is 6.36 Å². The van der Waals surface area contributed by atoms with Crippen LogP contribution in [0.15, 0.2) is 53.1 Å². The van der Waals surface area contributed by atoms with Crippen LogP contribution in [-0.2, 0) is 0 Å². The lowest BCUT2D eigenvalue weighted by atomic mass is 10.2. The summed E-state index contributed by atoms with van der Waals surface area (Å²) in [5.74, 6) is 1.38. The van der Waals surface area contributed by atoms with Crippen molar-refractivity contribution in [2.75, 3.05) is 7.11 Å². The van der Waals surface area contributed by atoms with Gasteiger partial charge in [-0.05, 0) is 43.3 Å². The molecule has 8 nitrogen and oxygen atoms in total. The molecule has 2 aromatic heterocycles. The molecule has 0 bridgehead atoms. The number of aromatic nitrogens is 5. The summed E-state index contributed by atoms with van der Waals surface area (Å²) in [5.41, 5.74) is 1.19. The number of ether oxygens (including phenoxy) is 2. The van der Waals surface area contributed by atoms with Gasteiger partial charge in [0.05, 0.1) is 12.8 Å². The first-order valence-corrected chi connectivity index (χ1v) is 8.61. The van der Waals surface area contributed by atoms with E-state index in [2.05, 4.69) is 25.0 Å². The van der Waals surface area contributed by atoms with Gasteiger partial charge in [-0.1, -0.05) is 11.2 Å². The summed E-state index contributed by atoms with van der Waals surface area (Å²) >= 11 is 0. The molecule has 2 aromatic carbocycles. The van der Waals surface area contributed by atoms with E-state index >= 15 is 0 Å².